The number of carbonyl (C=O) groups excluding carboxylic acids is 1. The van der Waals surface area contributed by atoms with E-state index in [0.29, 0.717) is 39.5 Å². The molecule has 1 atom stereocenters. The topological polar surface area (TPSA) is 86.9 Å². The molecule has 0 bridgehead atoms. The summed E-state index contributed by atoms with van der Waals surface area (Å²) in [6, 6.07) is 10.8. The van der Waals surface area contributed by atoms with E-state index < -0.39 is 5.92 Å². The highest BCUT2D eigenvalue weighted by molar-refractivity contribution is 5.91. The van der Waals surface area contributed by atoms with Crippen molar-refractivity contribution in [2.45, 2.75) is 12.3 Å². The summed E-state index contributed by atoms with van der Waals surface area (Å²) in [5, 5.41) is 0.692. The van der Waals surface area contributed by atoms with Crippen molar-refractivity contribution in [1.82, 2.24) is 4.98 Å². The van der Waals surface area contributed by atoms with Crippen molar-refractivity contribution in [3.05, 3.63) is 57.9 Å². The number of hydrogen-bond donors (Lipinski definition) is 1. The van der Waals surface area contributed by atoms with Crippen LogP contribution in [-0.4, -0.2) is 24.9 Å². The Balaban J connectivity index is 1.76. The molecule has 1 aromatic heterocycles. The minimum atomic E-state index is -0.474. The lowest BCUT2D eigenvalue weighted by atomic mass is 9.86. The molecule has 0 amide bonds. The van der Waals surface area contributed by atoms with Crippen LogP contribution in [0, 0.1) is 0 Å². The van der Waals surface area contributed by atoms with E-state index in [2.05, 4.69) is 4.98 Å². The van der Waals surface area contributed by atoms with Crippen molar-refractivity contribution in [3.8, 4) is 23.0 Å². The molecule has 27 heavy (non-hydrogen) atoms. The van der Waals surface area contributed by atoms with Crippen LogP contribution < -0.4 is 24.5 Å². The fourth-order valence-electron chi connectivity index (χ4n) is 3.71. The van der Waals surface area contributed by atoms with Crippen LogP contribution in [0.4, 0.5) is 0 Å². The Bertz CT molecular complexity index is 1150. The van der Waals surface area contributed by atoms with E-state index in [1.54, 1.807) is 18.2 Å². The van der Waals surface area contributed by atoms with Gasteiger partial charge in [0.2, 0.25) is 12.5 Å². The molecule has 2 aliphatic rings. The minimum Gasteiger partial charge on any atom is -0.493 e. The monoisotopic (exact) mass is 365 g/mol. The lowest BCUT2D eigenvalue weighted by Crippen LogP contribution is -2.28. The third-order valence-electron chi connectivity index (χ3n) is 4.93. The Hall–Kier alpha value is -3.48. The minimum absolute atomic E-state index is 0.0528. The van der Waals surface area contributed by atoms with E-state index in [4.69, 9.17) is 18.9 Å². The quantitative estimate of drug-likeness (QED) is 0.703. The summed E-state index contributed by atoms with van der Waals surface area (Å²) in [7, 11) is 1.53. The van der Waals surface area contributed by atoms with E-state index in [1.807, 2.05) is 18.2 Å². The van der Waals surface area contributed by atoms with Gasteiger partial charge in [-0.15, -0.1) is 0 Å². The number of ether oxygens (including phenoxy) is 4. The van der Waals surface area contributed by atoms with Crippen molar-refractivity contribution in [2.24, 2.45) is 0 Å². The molecule has 0 saturated heterocycles. The van der Waals surface area contributed by atoms with Crippen molar-refractivity contribution in [3.63, 3.8) is 0 Å². The fraction of sp³-hybridized carbons (Fsp3) is 0.200. The Kier molecular flexibility index (Phi) is 3.36. The highest BCUT2D eigenvalue weighted by Gasteiger charge is 2.34. The molecule has 0 saturated carbocycles. The number of methoxy groups -OCH3 is 1. The maximum Gasteiger partial charge on any atom is 0.312 e. The number of pyridine rings is 1. The molecule has 3 heterocycles. The van der Waals surface area contributed by atoms with Crippen molar-refractivity contribution in [1.29, 1.82) is 0 Å². The summed E-state index contributed by atoms with van der Waals surface area (Å²) in [6.45, 7) is 0.101. The van der Waals surface area contributed by atoms with Gasteiger partial charge in [0.15, 0.2) is 11.5 Å². The number of benzene rings is 2. The van der Waals surface area contributed by atoms with Crippen LogP contribution in [-0.2, 0) is 4.79 Å². The van der Waals surface area contributed by atoms with E-state index in [9.17, 15) is 9.59 Å². The van der Waals surface area contributed by atoms with Crippen LogP contribution >= 0.6 is 0 Å². The number of esters is 1. The van der Waals surface area contributed by atoms with Gasteiger partial charge in [-0.1, -0.05) is 12.1 Å². The van der Waals surface area contributed by atoms with E-state index >= 15 is 0 Å². The van der Waals surface area contributed by atoms with Gasteiger partial charge in [0.1, 0.15) is 5.75 Å². The van der Waals surface area contributed by atoms with Gasteiger partial charge in [-0.2, -0.15) is 0 Å². The van der Waals surface area contributed by atoms with Gasteiger partial charge in [-0.05, 0) is 29.8 Å². The van der Waals surface area contributed by atoms with Gasteiger partial charge in [-0.25, -0.2) is 0 Å². The average Bonchev–Trinajstić information content (AvgIpc) is 3.15. The van der Waals surface area contributed by atoms with Crippen molar-refractivity contribution >= 4 is 16.9 Å². The van der Waals surface area contributed by atoms with Crippen molar-refractivity contribution in [2.75, 3.05) is 13.9 Å². The number of rotatable bonds is 2. The molecule has 2 aromatic carbocycles. The first-order chi connectivity index (χ1) is 13.2. The number of H-pyrrole nitrogens is 1. The van der Waals surface area contributed by atoms with Crippen LogP contribution in [0.5, 0.6) is 23.0 Å². The number of aromatic nitrogens is 1. The van der Waals surface area contributed by atoms with Gasteiger partial charge in [-0.3, -0.25) is 9.59 Å². The molecular formula is C20H15NO6. The zero-order chi connectivity index (χ0) is 18.5. The summed E-state index contributed by atoms with van der Waals surface area (Å²) in [5.41, 5.74) is 1.50. The lowest BCUT2D eigenvalue weighted by Gasteiger charge is -2.25. The first kappa shape index (κ1) is 15.7. The zero-order valence-corrected chi connectivity index (χ0v) is 14.4. The maximum atomic E-state index is 12.8. The molecule has 7 nitrogen and oxygen atoms in total. The molecule has 2 aliphatic heterocycles. The molecule has 1 N–H and O–H groups in total. The van der Waals surface area contributed by atoms with Crippen LogP contribution in [0.2, 0.25) is 0 Å². The zero-order valence-electron chi connectivity index (χ0n) is 14.4. The molecule has 136 valence electrons. The summed E-state index contributed by atoms with van der Waals surface area (Å²) >= 11 is 0. The number of fused-ring (bicyclic) bond motifs is 4. The van der Waals surface area contributed by atoms with Gasteiger partial charge in [0, 0.05) is 11.3 Å². The smallest absolute Gasteiger partial charge is 0.312 e. The molecule has 5 rings (SSSR count). The van der Waals surface area contributed by atoms with E-state index in [1.165, 1.54) is 7.11 Å². The van der Waals surface area contributed by atoms with E-state index in [0.717, 1.165) is 5.56 Å². The molecular weight excluding hydrogens is 350 g/mol. The average molecular weight is 365 g/mol. The highest BCUT2D eigenvalue weighted by Crippen LogP contribution is 2.47. The Morgan fingerprint density at radius 1 is 1.11 bits per heavy atom. The van der Waals surface area contributed by atoms with Crippen LogP contribution in [0.25, 0.3) is 10.9 Å². The number of para-hydroxylation sites is 1. The Morgan fingerprint density at radius 3 is 2.81 bits per heavy atom. The molecule has 0 fully saturated rings. The predicted molar refractivity (Wildman–Crippen MR) is 95.8 cm³/mol. The predicted octanol–water partition coefficient (Wildman–Crippen LogP) is 2.71. The number of aromatic amines is 1. The van der Waals surface area contributed by atoms with Crippen LogP contribution in [0.1, 0.15) is 23.5 Å². The van der Waals surface area contributed by atoms with Gasteiger partial charge >= 0.3 is 5.97 Å². The third-order valence-corrected chi connectivity index (χ3v) is 4.93. The van der Waals surface area contributed by atoms with Crippen LogP contribution in [0.3, 0.4) is 0 Å². The lowest BCUT2D eigenvalue weighted by molar-refractivity contribution is -0.135. The fourth-order valence-corrected chi connectivity index (χ4v) is 3.71. The normalized spacial score (nSPS) is 17.5. The summed E-state index contributed by atoms with van der Waals surface area (Å²) in [6.07, 6.45) is 0.0528. The third kappa shape index (κ3) is 2.35. The Morgan fingerprint density at radius 2 is 1.96 bits per heavy atom. The second-order valence-electron chi connectivity index (χ2n) is 6.43. The van der Waals surface area contributed by atoms with Gasteiger partial charge in [0.05, 0.1) is 24.6 Å². The standard InChI is InChI=1S/C20H15NO6/c1-24-14-6-10(7-15-19(14)26-9-25-15)12-8-16(22)27-18-11-4-2-3-5-13(11)21-20(23)17(12)18/h2-7,12H,8-9H2,1H3,(H,21,23). The van der Waals surface area contributed by atoms with Crippen LogP contribution in [0.15, 0.2) is 41.2 Å². The maximum absolute atomic E-state index is 12.8. The van der Waals surface area contributed by atoms with Gasteiger partial charge < -0.3 is 23.9 Å². The molecule has 7 heteroatoms. The second kappa shape index (κ2) is 5.77. The summed E-state index contributed by atoms with van der Waals surface area (Å²) < 4.78 is 21.8. The summed E-state index contributed by atoms with van der Waals surface area (Å²) in [4.78, 5) is 28.0. The Labute approximate surface area is 153 Å². The van der Waals surface area contributed by atoms with Crippen molar-refractivity contribution < 1.29 is 23.7 Å². The first-order valence-electron chi connectivity index (χ1n) is 8.49. The van der Waals surface area contributed by atoms with E-state index in [-0.39, 0.29) is 24.7 Å². The molecule has 0 aliphatic carbocycles. The SMILES string of the molecule is COc1cc(C2CC(=O)Oc3c2c(=O)[nH]c2ccccc32)cc2c1OCO2. The molecule has 0 spiro atoms. The number of hydrogen-bond acceptors (Lipinski definition) is 6. The molecule has 3 aromatic rings. The number of nitrogens with one attached hydrogen (secondary N) is 1. The largest absolute Gasteiger partial charge is 0.493 e. The highest BCUT2D eigenvalue weighted by atomic mass is 16.7. The summed E-state index contributed by atoms with van der Waals surface area (Å²) in [5.74, 6) is 0.997. The first-order valence-corrected chi connectivity index (χ1v) is 8.49. The molecule has 1 unspecified atom stereocenters. The number of carbonyl (C=O) groups is 1. The second-order valence-corrected chi connectivity index (χ2v) is 6.43. The van der Waals surface area contributed by atoms with Gasteiger partial charge in [0.25, 0.3) is 5.56 Å². The molecule has 0 radical (unpaired) electrons.